The monoisotopic (exact) mass is 987 g/mol. The molecule has 0 spiro atoms. The molecule has 0 aliphatic rings. The van der Waals surface area contributed by atoms with Crippen molar-refractivity contribution < 1.29 is 32.9 Å². The molecule has 0 aromatic carbocycles. The summed E-state index contributed by atoms with van der Waals surface area (Å²) in [5.74, 6) is -0.168. The number of rotatable bonds is 52. The first-order valence-electron chi connectivity index (χ1n) is 28.8. The third kappa shape index (κ3) is 53.6. The highest BCUT2D eigenvalue weighted by molar-refractivity contribution is 7.45. The Kier molecular flexibility index (Phi) is 49.3. The van der Waals surface area contributed by atoms with Gasteiger partial charge in [-0.15, -0.1) is 0 Å². The molecular weight excluding hydrogens is 876 g/mol. The lowest BCUT2D eigenvalue weighted by Crippen LogP contribution is -2.46. The molecule has 8 nitrogen and oxygen atoms in total. The summed E-state index contributed by atoms with van der Waals surface area (Å²) in [7, 11) is 1.30. The number of phosphoric acid groups is 1. The van der Waals surface area contributed by atoms with E-state index in [2.05, 4.69) is 92.1 Å². The Balaban J connectivity index is 3.73. The summed E-state index contributed by atoms with van der Waals surface area (Å²) >= 11 is 0. The van der Waals surface area contributed by atoms with Crippen LogP contribution in [0.2, 0.25) is 0 Å². The molecule has 1 amide bonds. The molecule has 2 N–H and O–H groups in total. The number of aliphatic hydroxyl groups excluding tert-OH is 1. The van der Waals surface area contributed by atoms with E-state index in [0.717, 1.165) is 77.0 Å². The zero-order chi connectivity index (χ0) is 50.6. The van der Waals surface area contributed by atoms with Crippen LogP contribution in [-0.4, -0.2) is 68.5 Å². The second kappa shape index (κ2) is 50.9. The lowest BCUT2D eigenvalue weighted by molar-refractivity contribution is -0.870. The van der Waals surface area contributed by atoms with E-state index in [0.29, 0.717) is 23.9 Å². The van der Waals surface area contributed by atoms with Crippen molar-refractivity contribution in [3.05, 3.63) is 72.9 Å². The van der Waals surface area contributed by atoms with Gasteiger partial charge < -0.3 is 28.8 Å². The summed E-state index contributed by atoms with van der Waals surface area (Å²) < 4.78 is 23.2. The van der Waals surface area contributed by atoms with Crippen molar-refractivity contribution in [3.8, 4) is 0 Å². The molecule has 3 unspecified atom stereocenters. The first-order chi connectivity index (χ1) is 33.5. The fourth-order valence-corrected chi connectivity index (χ4v) is 8.94. The quantitative estimate of drug-likeness (QED) is 0.0272. The summed E-state index contributed by atoms with van der Waals surface area (Å²) in [5.41, 5.74) is 0. The van der Waals surface area contributed by atoms with Gasteiger partial charge in [0, 0.05) is 6.42 Å². The van der Waals surface area contributed by atoms with Gasteiger partial charge in [0.1, 0.15) is 13.2 Å². The minimum atomic E-state index is -4.55. The molecule has 0 fully saturated rings. The number of hydrogen-bond acceptors (Lipinski definition) is 6. The Morgan fingerprint density at radius 1 is 0.522 bits per heavy atom. The number of hydrogen-bond donors (Lipinski definition) is 2. The van der Waals surface area contributed by atoms with Gasteiger partial charge in [-0.25, -0.2) is 0 Å². The number of carbonyl (C=O) groups is 1. The van der Waals surface area contributed by atoms with Crippen molar-refractivity contribution >= 4 is 13.7 Å². The van der Waals surface area contributed by atoms with Gasteiger partial charge in [0.05, 0.1) is 39.9 Å². The van der Waals surface area contributed by atoms with E-state index < -0.39 is 20.0 Å². The van der Waals surface area contributed by atoms with Gasteiger partial charge in [0.25, 0.3) is 7.82 Å². The fraction of sp³-hybridized carbons (Fsp3) is 0.783. The largest absolute Gasteiger partial charge is 0.756 e. The van der Waals surface area contributed by atoms with Crippen LogP contribution in [0.3, 0.4) is 0 Å². The summed E-state index contributed by atoms with van der Waals surface area (Å²) in [6.07, 6.45) is 70.0. The van der Waals surface area contributed by atoms with Crippen molar-refractivity contribution in [1.29, 1.82) is 0 Å². The van der Waals surface area contributed by atoms with Gasteiger partial charge in [-0.05, 0) is 64.2 Å². The topological polar surface area (TPSA) is 108 Å². The number of likely N-dealkylation sites (N-methyl/N-ethyl adjacent to an activating group) is 1. The normalized spacial score (nSPS) is 14.5. The summed E-state index contributed by atoms with van der Waals surface area (Å²) in [6.45, 7) is 4.54. The number of aliphatic hydroxyl groups is 1. The Labute approximate surface area is 427 Å². The smallest absolute Gasteiger partial charge is 0.268 e. The molecule has 9 heteroatoms. The molecule has 0 heterocycles. The van der Waals surface area contributed by atoms with Crippen molar-refractivity contribution in [2.24, 2.45) is 0 Å². The standard InChI is InChI=1S/C60H111N2O6P/c1-6-8-10-12-14-15-16-17-18-19-20-21-22-23-24-25-26-27-28-29-30-31-32-33-34-35-36-37-38-39-40-41-42-43-44-45-46-47-48-50-52-54-60(64)61-58(59(63)53-51-49-13-11-9-7-2)57-68-69(65,66)67-56-55-62(3,4)5/h8,10,14-15,17-18,20-21,23-24,26-27,58-59,63H,6-7,9,11-13,16,19,22,25,28-57H2,1-5H3,(H-,61,64,65,66)/b10-8-,15-14-,18-17-,21-20-,24-23-,27-26-. The van der Waals surface area contributed by atoms with Crippen LogP contribution in [0.1, 0.15) is 251 Å². The zero-order valence-electron chi connectivity index (χ0n) is 45.8. The van der Waals surface area contributed by atoms with Crippen molar-refractivity contribution in [2.45, 2.75) is 264 Å². The second-order valence-corrected chi connectivity index (χ2v) is 22.0. The molecule has 0 saturated heterocycles. The van der Waals surface area contributed by atoms with Crippen molar-refractivity contribution in [3.63, 3.8) is 0 Å². The van der Waals surface area contributed by atoms with E-state index in [1.54, 1.807) is 0 Å². The molecule has 402 valence electrons. The van der Waals surface area contributed by atoms with Crippen molar-refractivity contribution in [1.82, 2.24) is 5.32 Å². The number of unbranched alkanes of at least 4 members (excludes halogenated alkanes) is 27. The molecule has 0 aromatic rings. The van der Waals surface area contributed by atoms with E-state index in [1.165, 1.54) is 148 Å². The van der Waals surface area contributed by atoms with E-state index in [9.17, 15) is 19.4 Å². The Bertz CT molecular complexity index is 1350. The Morgan fingerprint density at radius 2 is 0.884 bits per heavy atom. The maximum atomic E-state index is 12.8. The third-order valence-electron chi connectivity index (χ3n) is 12.7. The molecule has 0 bridgehead atoms. The summed E-state index contributed by atoms with van der Waals surface area (Å²) in [5, 5.41) is 13.8. The van der Waals surface area contributed by atoms with Crippen LogP contribution in [0.25, 0.3) is 0 Å². The van der Waals surface area contributed by atoms with E-state index in [4.69, 9.17) is 9.05 Å². The van der Waals surface area contributed by atoms with Crippen LogP contribution < -0.4 is 10.2 Å². The van der Waals surface area contributed by atoms with Crippen LogP contribution in [0.4, 0.5) is 0 Å². The maximum Gasteiger partial charge on any atom is 0.268 e. The molecule has 0 aromatic heterocycles. The summed E-state index contributed by atoms with van der Waals surface area (Å²) in [4.78, 5) is 25.3. The van der Waals surface area contributed by atoms with Crippen LogP contribution in [0.5, 0.6) is 0 Å². The lowest BCUT2D eigenvalue weighted by atomic mass is 10.0. The minimum Gasteiger partial charge on any atom is -0.756 e. The third-order valence-corrected chi connectivity index (χ3v) is 13.7. The number of nitrogens with one attached hydrogen (secondary N) is 1. The minimum absolute atomic E-state index is 0.0116. The van der Waals surface area contributed by atoms with Gasteiger partial charge in [-0.1, -0.05) is 254 Å². The van der Waals surface area contributed by atoms with Gasteiger partial charge in [-0.2, -0.15) is 0 Å². The lowest BCUT2D eigenvalue weighted by Gasteiger charge is -2.30. The molecule has 0 saturated carbocycles. The summed E-state index contributed by atoms with van der Waals surface area (Å²) in [6, 6.07) is -0.797. The van der Waals surface area contributed by atoms with Gasteiger partial charge in [0.2, 0.25) is 5.91 Å². The van der Waals surface area contributed by atoms with Crippen molar-refractivity contribution in [2.75, 3.05) is 40.9 Å². The highest BCUT2D eigenvalue weighted by Crippen LogP contribution is 2.38. The van der Waals surface area contributed by atoms with Gasteiger partial charge >= 0.3 is 0 Å². The predicted octanol–water partition coefficient (Wildman–Crippen LogP) is 16.9. The predicted molar refractivity (Wildman–Crippen MR) is 297 cm³/mol. The second-order valence-electron chi connectivity index (χ2n) is 20.6. The molecule has 0 aliphatic carbocycles. The zero-order valence-corrected chi connectivity index (χ0v) is 46.6. The number of allylic oxidation sites excluding steroid dienone is 12. The van der Waals surface area contributed by atoms with E-state index in [1.807, 2.05) is 21.1 Å². The number of nitrogens with zero attached hydrogens (tertiary/aromatic N) is 1. The van der Waals surface area contributed by atoms with E-state index in [-0.39, 0.29) is 19.1 Å². The highest BCUT2D eigenvalue weighted by atomic mass is 31.2. The SMILES string of the molecule is CC/C=C\C/C=C\C/C=C\C/C=C\C/C=C\C/C=C\CCCCCCCCCCCCCCCCCCCCCCCCC(=O)NC(COP(=O)([O-])OCC[N+](C)(C)C)C(O)CCCCCCCC. The highest BCUT2D eigenvalue weighted by Gasteiger charge is 2.24. The van der Waals surface area contributed by atoms with E-state index >= 15 is 0 Å². The number of phosphoric ester groups is 1. The Hall–Kier alpha value is -2.06. The number of carbonyl (C=O) groups excluding carboxylic acids is 1. The molecular formula is C60H111N2O6P. The number of quaternary nitrogens is 1. The molecule has 3 atom stereocenters. The van der Waals surface area contributed by atoms with Gasteiger partial charge in [-0.3, -0.25) is 9.36 Å². The molecule has 69 heavy (non-hydrogen) atoms. The average molecular weight is 988 g/mol. The molecule has 0 radical (unpaired) electrons. The van der Waals surface area contributed by atoms with Crippen LogP contribution in [0, 0.1) is 0 Å². The van der Waals surface area contributed by atoms with Crippen LogP contribution in [0.15, 0.2) is 72.9 Å². The first kappa shape index (κ1) is 66.9. The fourth-order valence-electron chi connectivity index (χ4n) is 8.22. The van der Waals surface area contributed by atoms with Gasteiger partial charge in [0.15, 0.2) is 0 Å². The molecule has 0 rings (SSSR count). The van der Waals surface area contributed by atoms with Crippen LogP contribution >= 0.6 is 7.82 Å². The maximum absolute atomic E-state index is 12.8. The first-order valence-corrected chi connectivity index (χ1v) is 30.2. The Morgan fingerprint density at radius 3 is 1.29 bits per heavy atom. The van der Waals surface area contributed by atoms with Crippen LogP contribution in [-0.2, 0) is 18.4 Å². The molecule has 0 aliphatic heterocycles. The average Bonchev–Trinajstić information content (AvgIpc) is 3.31. The number of amides is 1.